The van der Waals surface area contributed by atoms with Crippen molar-refractivity contribution in [3.05, 3.63) is 59.9 Å². The van der Waals surface area contributed by atoms with Gasteiger partial charge in [-0.3, -0.25) is 14.8 Å². The third-order valence-electron chi connectivity index (χ3n) is 3.46. The van der Waals surface area contributed by atoms with Crippen LogP contribution in [0, 0.1) is 0 Å². The number of benzene rings is 2. The topological polar surface area (TPSA) is 114 Å². The predicted octanol–water partition coefficient (Wildman–Crippen LogP) is 1.76. The van der Waals surface area contributed by atoms with Crippen LogP contribution in [0.3, 0.4) is 0 Å². The molecule has 8 heteroatoms. The van der Waals surface area contributed by atoms with Crippen LogP contribution in [0.15, 0.2) is 53.1 Å². The van der Waals surface area contributed by atoms with Crippen LogP contribution in [0.2, 0.25) is 0 Å². The average molecular weight is 341 g/mol. The Morgan fingerprint density at radius 3 is 2.68 bits per heavy atom. The number of amides is 2. The van der Waals surface area contributed by atoms with Gasteiger partial charge in [-0.05, 0) is 28.1 Å². The summed E-state index contributed by atoms with van der Waals surface area (Å²) in [5.41, 5.74) is 1.98. The third-order valence-corrected chi connectivity index (χ3v) is 3.46. The smallest absolute Gasteiger partial charge is 0.313 e. The number of nitrogens with one attached hydrogen (secondary N) is 2. The molecule has 0 saturated heterocycles. The number of hydroxylamine groups is 1. The second-order valence-corrected chi connectivity index (χ2v) is 5.14. The molecule has 25 heavy (non-hydrogen) atoms. The third kappa shape index (κ3) is 3.93. The highest BCUT2D eigenvalue weighted by Gasteiger charge is 2.12. The van der Waals surface area contributed by atoms with Gasteiger partial charge < -0.3 is 14.6 Å². The Bertz CT molecular complexity index is 906. The molecular formula is C17H15N3O5. The van der Waals surface area contributed by atoms with Crippen LogP contribution < -0.4 is 15.5 Å². The van der Waals surface area contributed by atoms with E-state index in [1.165, 1.54) is 11.5 Å². The molecule has 3 N–H and O–H groups in total. The molecule has 0 spiro atoms. The molecule has 1 heterocycles. The lowest BCUT2D eigenvalue weighted by molar-refractivity contribution is 0.0666. The van der Waals surface area contributed by atoms with E-state index in [2.05, 4.69) is 15.0 Å². The molecule has 2 amide bonds. The Hall–Kier alpha value is -3.39. The van der Waals surface area contributed by atoms with Gasteiger partial charge in [-0.2, -0.15) is 0 Å². The predicted molar refractivity (Wildman–Crippen MR) is 87.5 cm³/mol. The Labute approximate surface area is 142 Å². The van der Waals surface area contributed by atoms with Crippen LogP contribution in [-0.4, -0.2) is 35.3 Å². The van der Waals surface area contributed by atoms with Crippen molar-refractivity contribution in [2.45, 2.75) is 0 Å². The van der Waals surface area contributed by atoms with E-state index < -0.39 is 5.91 Å². The van der Waals surface area contributed by atoms with Gasteiger partial charge >= 0.3 is 5.91 Å². The Balaban J connectivity index is 1.50. The van der Waals surface area contributed by atoms with E-state index >= 15 is 0 Å². The molecule has 2 aromatic carbocycles. The van der Waals surface area contributed by atoms with Crippen molar-refractivity contribution in [2.24, 2.45) is 0 Å². The van der Waals surface area contributed by atoms with Crippen molar-refractivity contribution in [3.8, 4) is 5.88 Å². The lowest BCUT2D eigenvalue weighted by Gasteiger charge is -2.06. The van der Waals surface area contributed by atoms with E-state index in [1.54, 1.807) is 6.07 Å². The molecule has 0 saturated carbocycles. The molecule has 0 unspecified atom stereocenters. The van der Waals surface area contributed by atoms with Crippen molar-refractivity contribution >= 4 is 22.6 Å². The first-order chi connectivity index (χ1) is 12.2. The highest BCUT2D eigenvalue weighted by atomic mass is 16.5. The fraction of sp³-hybridized carbons (Fsp3) is 0.118. The fourth-order valence-electron chi connectivity index (χ4n) is 2.24. The molecule has 0 atom stereocenters. The zero-order valence-electron chi connectivity index (χ0n) is 13.1. The minimum atomic E-state index is -0.827. The minimum Gasteiger partial charge on any atom is -0.474 e. The maximum Gasteiger partial charge on any atom is 0.313 e. The first-order valence-electron chi connectivity index (χ1n) is 7.48. The molecule has 3 aromatic rings. The van der Waals surface area contributed by atoms with E-state index in [0.717, 1.165) is 10.8 Å². The van der Waals surface area contributed by atoms with Gasteiger partial charge in [-0.25, -0.2) is 5.48 Å². The number of ether oxygens (including phenoxy) is 1. The van der Waals surface area contributed by atoms with Crippen molar-refractivity contribution in [2.75, 3.05) is 13.2 Å². The summed E-state index contributed by atoms with van der Waals surface area (Å²) in [6.45, 7) is 0.395. The molecule has 1 aromatic heterocycles. The van der Waals surface area contributed by atoms with Gasteiger partial charge in [0.15, 0.2) is 0 Å². The van der Waals surface area contributed by atoms with Gasteiger partial charge in [0.2, 0.25) is 5.76 Å². The number of rotatable bonds is 6. The van der Waals surface area contributed by atoms with Gasteiger partial charge in [-0.15, -0.1) is 0 Å². The number of aromatic nitrogens is 1. The van der Waals surface area contributed by atoms with Crippen molar-refractivity contribution < 1.29 is 24.1 Å². The van der Waals surface area contributed by atoms with Crippen LogP contribution in [-0.2, 0) is 0 Å². The summed E-state index contributed by atoms with van der Waals surface area (Å²) in [7, 11) is 0. The summed E-state index contributed by atoms with van der Waals surface area (Å²) in [5, 5.41) is 16.8. The standard InChI is InChI=1S/C17H15N3O5/c21-16(13-6-5-11-3-1-2-4-12(11)9-13)18-7-8-24-15-10-14(25-20-15)17(22)19-23/h1-6,9-10,23H,7-8H2,(H,18,21)(H,19,22). The zero-order chi connectivity index (χ0) is 17.6. The fourth-order valence-corrected chi connectivity index (χ4v) is 2.24. The lowest BCUT2D eigenvalue weighted by Crippen LogP contribution is -2.28. The SMILES string of the molecule is O=C(NCCOc1cc(C(=O)NO)on1)c1ccc2ccccc2c1. The van der Waals surface area contributed by atoms with Crippen LogP contribution >= 0.6 is 0 Å². The average Bonchev–Trinajstić information content (AvgIpc) is 3.13. The van der Waals surface area contributed by atoms with Gasteiger partial charge in [0.05, 0.1) is 12.6 Å². The minimum absolute atomic E-state index is 0.0820. The van der Waals surface area contributed by atoms with Crippen LogP contribution in [0.1, 0.15) is 20.9 Å². The summed E-state index contributed by atoms with van der Waals surface area (Å²) >= 11 is 0. The second kappa shape index (κ2) is 7.45. The summed E-state index contributed by atoms with van der Waals surface area (Å²) in [4.78, 5) is 23.2. The summed E-state index contributed by atoms with van der Waals surface area (Å²) in [5.74, 6) is -1.14. The first-order valence-corrected chi connectivity index (χ1v) is 7.48. The maximum atomic E-state index is 12.2. The van der Waals surface area contributed by atoms with E-state index in [-0.39, 0.29) is 30.7 Å². The first kappa shape index (κ1) is 16.5. The normalized spacial score (nSPS) is 10.4. The van der Waals surface area contributed by atoms with E-state index in [0.29, 0.717) is 5.56 Å². The van der Waals surface area contributed by atoms with Gasteiger partial charge in [-0.1, -0.05) is 30.3 Å². The number of carbonyl (C=O) groups excluding carboxylic acids is 2. The molecular weight excluding hydrogens is 326 g/mol. The summed E-state index contributed by atoms with van der Waals surface area (Å²) in [6, 6.07) is 14.5. The van der Waals surface area contributed by atoms with Gasteiger partial charge in [0.1, 0.15) is 6.61 Å². The molecule has 0 aliphatic carbocycles. The Morgan fingerprint density at radius 1 is 1.08 bits per heavy atom. The maximum absolute atomic E-state index is 12.2. The number of nitrogens with zero attached hydrogens (tertiary/aromatic N) is 1. The molecule has 128 valence electrons. The number of carbonyl (C=O) groups is 2. The van der Waals surface area contributed by atoms with Crippen molar-refractivity contribution in [1.82, 2.24) is 16.0 Å². The highest BCUT2D eigenvalue weighted by Crippen LogP contribution is 2.15. The molecule has 0 aliphatic rings. The molecule has 0 aliphatic heterocycles. The largest absolute Gasteiger partial charge is 0.474 e. The molecule has 0 fully saturated rings. The monoisotopic (exact) mass is 341 g/mol. The second-order valence-electron chi connectivity index (χ2n) is 5.14. The quantitative estimate of drug-likeness (QED) is 0.358. The van der Waals surface area contributed by atoms with Crippen molar-refractivity contribution in [1.29, 1.82) is 0 Å². The van der Waals surface area contributed by atoms with Gasteiger partial charge in [0, 0.05) is 5.56 Å². The number of hydrogen-bond acceptors (Lipinski definition) is 6. The Morgan fingerprint density at radius 2 is 1.88 bits per heavy atom. The van der Waals surface area contributed by atoms with E-state index in [4.69, 9.17) is 9.94 Å². The van der Waals surface area contributed by atoms with Crippen LogP contribution in [0.4, 0.5) is 0 Å². The van der Waals surface area contributed by atoms with Gasteiger partial charge in [0.25, 0.3) is 11.8 Å². The number of fused-ring (bicyclic) bond motifs is 1. The molecule has 0 bridgehead atoms. The molecule has 3 rings (SSSR count). The lowest BCUT2D eigenvalue weighted by atomic mass is 10.1. The Kier molecular flexibility index (Phi) is 4.91. The van der Waals surface area contributed by atoms with E-state index in [1.807, 2.05) is 36.4 Å². The van der Waals surface area contributed by atoms with E-state index in [9.17, 15) is 9.59 Å². The number of hydrogen-bond donors (Lipinski definition) is 3. The summed E-state index contributed by atoms with van der Waals surface area (Å²) < 4.78 is 9.93. The van der Waals surface area contributed by atoms with Crippen LogP contribution in [0.5, 0.6) is 5.88 Å². The summed E-state index contributed by atoms with van der Waals surface area (Å²) in [6.07, 6.45) is 0. The highest BCUT2D eigenvalue weighted by molar-refractivity contribution is 5.98. The van der Waals surface area contributed by atoms with Crippen molar-refractivity contribution in [3.63, 3.8) is 0 Å². The molecule has 8 nitrogen and oxygen atoms in total. The van der Waals surface area contributed by atoms with Crippen LogP contribution in [0.25, 0.3) is 10.8 Å². The molecule has 0 radical (unpaired) electrons. The zero-order valence-corrected chi connectivity index (χ0v) is 13.1.